The molecule has 1 fully saturated rings. The van der Waals surface area contributed by atoms with Gasteiger partial charge in [-0.3, -0.25) is 4.79 Å². The Morgan fingerprint density at radius 1 is 1.15 bits per heavy atom. The molecule has 1 heterocycles. The first kappa shape index (κ1) is 18.6. The van der Waals surface area contributed by atoms with Gasteiger partial charge in [-0.25, -0.2) is 13.1 Å². The molecular formula is C19H23N3O3S. The molecule has 0 radical (unpaired) electrons. The van der Waals surface area contributed by atoms with E-state index in [-0.39, 0.29) is 22.9 Å². The van der Waals surface area contributed by atoms with Crippen molar-refractivity contribution < 1.29 is 13.2 Å². The zero-order valence-electron chi connectivity index (χ0n) is 14.6. The van der Waals surface area contributed by atoms with E-state index in [0.29, 0.717) is 5.56 Å². The number of sulfonamides is 1. The van der Waals surface area contributed by atoms with Crippen molar-refractivity contribution in [2.24, 2.45) is 0 Å². The summed E-state index contributed by atoms with van der Waals surface area (Å²) in [5, 5.41) is 6.11. The van der Waals surface area contributed by atoms with Crippen molar-refractivity contribution in [1.29, 1.82) is 0 Å². The molecule has 3 N–H and O–H groups in total. The van der Waals surface area contributed by atoms with Crippen LogP contribution in [-0.4, -0.2) is 33.5 Å². The van der Waals surface area contributed by atoms with Crippen LogP contribution in [-0.2, 0) is 10.0 Å². The van der Waals surface area contributed by atoms with Gasteiger partial charge in [0.05, 0.1) is 4.90 Å². The fraction of sp³-hybridized carbons (Fsp3) is 0.316. The molecule has 138 valence electrons. The maximum absolute atomic E-state index is 12.7. The normalized spacial score (nSPS) is 18.4. The lowest BCUT2D eigenvalue weighted by Crippen LogP contribution is -2.36. The first-order valence-electron chi connectivity index (χ1n) is 8.64. The summed E-state index contributed by atoms with van der Waals surface area (Å²) in [5.41, 5.74) is 1.21. The molecule has 6 nitrogen and oxygen atoms in total. The zero-order chi connectivity index (χ0) is 18.6. The summed E-state index contributed by atoms with van der Waals surface area (Å²) in [6.45, 7) is 3.40. The predicted molar refractivity (Wildman–Crippen MR) is 100 cm³/mol. The molecule has 2 unspecified atom stereocenters. The Bertz CT molecular complexity index is 863. The van der Waals surface area contributed by atoms with Crippen LogP contribution in [0.1, 0.15) is 35.3 Å². The highest BCUT2D eigenvalue weighted by molar-refractivity contribution is 7.89. The molecule has 1 amide bonds. The van der Waals surface area contributed by atoms with Gasteiger partial charge in [-0.1, -0.05) is 36.4 Å². The molecule has 0 bridgehead atoms. The predicted octanol–water partition coefficient (Wildman–Crippen LogP) is 1.82. The Kier molecular flexibility index (Phi) is 5.70. The lowest BCUT2D eigenvalue weighted by Gasteiger charge is -2.15. The molecule has 2 aromatic carbocycles. The lowest BCUT2D eigenvalue weighted by molar-refractivity contribution is 0.0940. The maximum atomic E-state index is 12.7. The SMILES string of the molecule is CC(NS(=O)(=O)c1cccc(C(=O)NC2CCNC2)c1)c1ccccc1. The van der Waals surface area contributed by atoms with Gasteiger partial charge in [-0.05, 0) is 43.7 Å². The largest absolute Gasteiger partial charge is 0.348 e. The summed E-state index contributed by atoms with van der Waals surface area (Å²) < 4.78 is 28.0. The summed E-state index contributed by atoms with van der Waals surface area (Å²) in [5.74, 6) is -0.258. The van der Waals surface area contributed by atoms with E-state index in [1.54, 1.807) is 19.1 Å². The summed E-state index contributed by atoms with van der Waals surface area (Å²) >= 11 is 0. The topological polar surface area (TPSA) is 87.3 Å². The zero-order valence-corrected chi connectivity index (χ0v) is 15.4. The van der Waals surface area contributed by atoms with Gasteiger partial charge in [0, 0.05) is 24.2 Å². The highest BCUT2D eigenvalue weighted by atomic mass is 32.2. The molecule has 1 aliphatic rings. The second-order valence-electron chi connectivity index (χ2n) is 6.44. The summed E-state index contributed by atoms with van der Waals surface area (Å²) in [6, 6.07) is 15.2. The molecule has 26 heavy (non-hydrogen) atoms. The van der Waals surface area contributed by atoms with E-state index >= 15 is 0 Å². The van der Waals surface area contributed by atoms with Crippen molar-refractivity contribution in [3.63, 3.8) is 0 Å². The first-order valence-corrected chi connectivity index (χ1v) is 10.1. The van der Waals surface area contributed by atoms with E-state index in [1.807, 2.05) is 30.3 Å². The van der Waals surface area contributed by atoms with Crippen molar-refractivity contribution in [3.8, 4) is 0 Å². The minimum absolute atomic E-state index is 0.0810. The summed E-state index contributed by atoms with van der Waals surface area (Å²) in [4.78, 5) is 12.5. The number of rotatable bonds is 6. The molecule has 0 aliphatic carbocycles. The van der Waals surface area contributed by atoms with Crippen LogP contribution in [0.5, 0.6) is 0 Å². The number of nitrogens with one attached hydrogen (secondary N) is 3. The average Bonchev–Trinajstić information content (AvgIpc) is 3.15. The number of benzene rings is 2. The van der Waals surface area contributed by atoms with E-state index in [9.17, 15) is 13.2 Å². The minimum Gasteiger partial charge on any atom is -0.348 e. The number of amides is 1. The Hall–Kier alpha value is -2.22. The van der Waals surface area contributed by atoms with Gasteiger partial charge in [0.25, 0.3) is 5.91 Å². The molecule has 0 spiro atoms. The smallest absolute Gasteiger partial charge is 0.251 e. The van der Waals surface area contributed by atoms with E-state index in [0.717, 1.165) is 25.1 Å². The highest BCUT2D eigenvalue weighted by Crippen LogP contribution is 2.18. The Morgan fingerprint density at radius 3 is 2.62 bits per heavy atom. The van der Waals surface area contributed by atoms with Gasteiger partial charge < -0.3 is 10.6 Å². The third kappa shape index (κ3) is 4.49. The van der Waals surface area contributed by atoms with Crippen molar-refractivity contribution in [1.82, 2.24) is 15.4 Å². The molecule has 0 aromatic heterocycles. The van der Waals surface area contributed by atoms with Crippen LogP contribution in [0.2, 0.25) is 0 Å². The Balaban J connectivity index is 1.74. The van der Waals surface area contributed by atoms with Crippen LogP contribution in [0.25, 0.3) is 0 Å². The van der Waals surface area contributed by atoms with Crippen molar-refractivity contribution in [2.75, 3.05) is 13.1 Å². The maximum Gasteiger partial charge on any atom is 0.251 e. The van der Waals surface area contributed by atoms with Crippen LogP contribution in [0.15, 0.2) is 59.5 Å². The molecule has 0 saturated carbocycles. The first-order chi connectivity index (χ1) is 12.5. The lowest BCUT2D eigenvalue weighted by atomic mass is 10.1. The number of carbonyl (C=O) groups excluding carboxylic acids is 1. The van der Waals surface area contributed by atoms with Gasteiger partial charge in [0.1, 0.15) is 0 Å². The van der Waals surface area contributed by atoms with Crippen molar-refractivity contribution in [2.45, 2.75) is 30.3 Å². The van der Waals surface area contributed by atoms with Gasteiger partial charge in [-0.15, -0.1) is 0 Å². The second-order valence-corrected chi connectivity index (χ2v) is 8.16. The standard InChI is InChI=1S/C19H23N3O3S/c1-14(15-6-3-2-4-7-15)22-26(24,25)18-9-5-8-16(12-18)19(23)21-17-10-11-20-13-17/h2-9,12,14,17,20,22H,10-11,13H2,1H3,(H,21,23). The van der Waals surface area contributed by atoms with Gasteiger partial charge in [0.2, 0.25) is 10.0 Å². The monoisotopic (exact) mass is 373 g/mol. The fourth-order valence-corrected chi connectivity index (χ4v) is 4.24. The van der Waals surface area contributed by atoms with Crippen LogP contribution < -0.4 is 15.4 Å². The minimum atomic E-state index is -3.73. The van der Waals surface area contributed by atoms with Crippen LogP contribution >= 0.6 is 0 Å². The highest BCUT2D eigenvalue weighted by Gasteiger charge is 2.21. The molecule has 2 aromatic rings. The third-order valence-electron chi connectivity index (χ3n) is 4.43. The molecule has 7 heteroatoms. The van der Waals surface area contributed by atoms with Gasteiger partial charge in [0.15, 0.2) is 0 Å². The van der Waals surface area contributed by atoms with E-state index in [1.165, 1.54) is 12.1 Å². The van der Waals surface area contributed by atoms with Crippen molar-refractivity contribution >= 4 is 15.9 Å². The second kappa shape index (κ2) is 7.99. The van der Waals surface area contributed by atoms with Gasteiger partial charge >= 0.3 is 0 Å². The molecule has 1 saturated heterocycles. The third-order valence-corrected chi connectivity index (χ3v) is 5.97. The molecular weight excluding hydrogens is 350 g/mol. The summed E-state index contributed by atoms with van der Waals surface area (Å²) in [6.07, 6.45) is 0.875. The van der Waals surface area contributed by atoms with Crippen LogP contribution in [0.4, 0.5) is 0 Å². The molecule has 1 aliphatic heterocycles. The quantitative estimate of drug-likeness (QED) is 0.721. The molecule has 3 rings (SSSR count). The fourth-order valence-electron chi connectivity index (χ4n) is 2.96. The van der Waals surface area contributed by atoms with E-state index in [2.05, 4.69) is 15.4 Å². The number of carbonyl (C=O) groups is 1. The average molecular weight is 373 g/mol. The molecule has 2 atom stereocenters. The van der Waals surface area contributed by atoms with Crippen molar-refractivity contribution in [3.05, 3.63) is 65.7 Å². The number of hydrogen-bond donors (Lipinski definition) is 3. The van der Waals surface area contributed by atoms with E-state index in [4.69, 9.17) is 0 Å². The van der Waals surface area contributed by atoms with Gasteiger partial charge in [-0.2, -0.15) is 0 Å². The summed E-state index contributed by atoms with van der Waals surface area (Å²) in [7, 11) is -3.73. The van der Waals surface area contributed by atoms with Crippen LogP contribution in [0, 0.1) is 0 Å². The van der Waals surface area contributed by atoms with E-state index < -0.39 is 10.0 Å². The Labute approximate surface area is 154 Å². The number of hydrogen-bond acceptors (Lipinski definition) is 4. The van der Waals surface area contributed by atoms with Crippen LogP contribution in [0.3, 0.4) is 0 Å². The Morgan fingerprint density at radius 2 is 1.92 bits per heavy atom.